The minimum absolute atomic E-state index is 0.101. The molecule has 0 aliphatic carbocycles. The van der Waals surface area contributed by atoms with Crippen molar-refractivity contribution in [1.82, 2.24) is 0 Å². The lowest BCUT2D eigenvalue weighted by Gasteiger charge is -2.22. The van der Waals surface area contributed by atoms with Gasteiger partial charge in [-0.1, -0.05) is 140 Å². The fourth-order valence-electron chi connectivity index (χ4n) is 4.77. The van der Waals surface area contributed by atoms with Crippen molar-refractivity contribution < 1.29 is 4.74 Å². The topological polar surface area (TPSA) is 21.6 Å². The van der Waals surface area contributed by atoms with Crippen molar-refractivity contribution in [2.45, 2.75) is 12.1 Å². The highest BCUT2D eigenvalue weighted by atomic mass is 31.1. The summed E-state index contributed by atoms with van der Waals surface area (Å²) in [4.78, 5) is 5.22. The molecular formula is C33H26NOP. The highest BCUT2D eigenvalue weighted by Gasteiger charge is 2.35. The third-order valence-corrected chi connectivity index (χ3v) is 8.96. The highest BCUT2D eigenvalue weighted by molar-refractivity contribution is 7.80. The Kier molecular flexibility index (Phi) is 6.44. The third-order valence-electron chi connectivity index (χ3n) is 6.46. The Hall–Kier alpha value is -4.00. The summed E-state index contributed by atoms with van der Waals surface area (Å²) in [7, 11) is -0.781. The van der Waals surface area contributed by atoms with Gasteiger partial charge >= 0.3 is 0 Å². The molecule has 36 heavy (non-hydrogen) atoms. The van der Waals surface area contributed by atoms with E-state index in [4.69, 9.17) is 9.73 Å². The molecule has 1 heterocycles. The zero-order valence-electron chi connectivity index (χ0n) is 19.8. The molecule has 0 radical (unpaired) electrons. The standard InChI is InChI=1S/C33H26NOP/c1-5-15-25(16-6-1)31-32(26-17-7-2-8-18-26)35-33(34-31)29-23-13-14-24-30(29)36(27-19-9-3-10-20-27)28-21-11-4-12-22-28/h1-24,31-32H/t31-,32-/m1/s1. The van der Waals surface area contributed by atoms with Gasteiger partial charge in [-0.25, -0.2) is 4.99 Å². The molecule has 1 aliphatic heterocycles. The summed E-state index contributed by atoms with van der Waals surface area (Å²) in [6.45, 7) is 0. The fourth-order valence-corrected chi connectivity index (χ4v) is 7.21. The Morgan fingerprint density at radius 2 is 0.972 bits per heavy atom. The average Bonchev–Trinajstić information content (AvgIpc) is 3.41. The van der Waals surface area contributed by atoms with Crippen LogP contribution in [0.1, 0.15) is 28.8 Å². The molecule has 0 saturated heterocycles. The lowest BCUT2D eigenvalue weighted by Crippen LogP contribution is -2.25. The van der Waals surface area contributed by atoms with Crippen molar-refractivity contribution in [2.75, 3.05) is 0 Å². The summed E-state index contributed by atoms with van der Waals surface area (Å²) in [5, 5.41) is 3.87. The first-order chi connectivity index (χ1) is 17.9. The lowest BCUT2D eigenvalue weighted by atomic mass is 9.97. The second kappa shape index (κ2) is 10.3. The molecule has 0 bridgehead atoms. The Morgan fingerprint density at radius 1 is 0.500 bits per heavy atom. The molecular weight excluding hydrogens is 457 g/mol. The zero-order valence-corrected chi connectivity index (χ0v) is 20.7. The van der Waals surface area contributed by atoms with Gasteiger partial charge in [0.05, 0.1) is 0 Å². The maximum atomic E-state index is 6.72. The van der Waals surface area contributed by atoms with Gasteiger partial charge in [-0.2, -0.15) is 0 Å². The van der Waals surface area contributed by atoms with Crippen LogP contribution in [0.2, 0.25) is 0 Å². The number of ether oxygens (including phenoxy) is 1. The molecule has 3 heteroatoms. The summed E-state index contributed by atoms with van der Waals surface area (Å²) in [6.07, 6.45) is -0.170. The number of rotatable bonds is 6. The minimum Gasteiger partial charge on any atom is -0.467 e. The molecule has 2 atom stereocenters. The minimum atomic E-state index is -0.781. The molecule has 0 N–H and O–H groups in total. The van der Waals surface area contributed by atoms with Gasteiger partial charge in [0, 0.05) is 5.56 Å². The first kappa shape index (κ1) is 22.5. The van der Waals surface area contributed by atoms with E-state index in [0.29, 0.717) is 5.90 Å². The van der Waals surface area contributed by atoms with Gasteiger partial charge in [0.25, 0.3) is 0 Å². The number of benzene rings is 5. The Balaban J connectivity index is 1.48. The van der Waals surface area contributed by atoms with E-state index in [0.717, 1.165) is 16.7 Å². The van der Waals surface area contributed by atoms with Gasteiger partial charge in [-0.05, 0) is 41.0 Å². The Labute approximate surface area is 213 Å². The molecule has 1 aliphatic rings. The number of hydrogen-bond acceptors (Lipinski definition) is 2. The van der Waals surface area contributed by atoms with Gasteiger partial charge in [-0.3, -0.25) is 0 Å². The zero-order chi connectivity index (χ0) is 24.2. The van der Waals surface area contributed by atoms with Crippen molar-refractivity contribution >= 4 is 29.7 Å². The molecule has 5 aromatic carbocycles. The van der Waals surface area contributed by atoms with Crippen LogP contribution in [0.5, 0.6) is 0 Å². The quantitative estimate of drug-likeness (QED) is 0.246. The molecule has 0 spiro atoms. The highest BCUT2D eigenvalue weighted by Crippen LogP contribution is 2.42. The van der Waals surface area contributed by atoms with Crippen LogP contribution < -0.4 is 15.9 Å². The number of nitrogens with zero attached hydrogens (tertiary/aromatic N) is 1. The van der Waals surface area contributed by atoms with Crippen molar-refractivity contribution in [3.63, 3.8) is 0 Å². The summed E-state index contributed by atoms with van der Waals surface area (Å²) in [5.41, 5.74) is 3.36. The van der Waals surface area contributed by atoms with Gasteiger partial charge in [0.2, 0.25) is 5.90 Å². The van der Waals surface area contributed by atoms with Crippen molar-refractivity contribution in [1.29, 1.82) is 0 Å². The summed E-state index contributed by atoms with van der Waals surface area (Å²) in [6, 6.07) is 51.0. The van der Waals surface area contributed by atoms with E-state index in [1.165, 1.54) is 15.9 Å². The largest absolute Gasteiger partial charge is 0.467 e. The summed E-state index contributed by atoms with van der Waals surface area (Å²) in [5.74, 6) is 0.715. The molecule has 0 fully saturated rings. The van der Waals surface area contributed by atoms with Gasteiger partial charge in [0.1, 0.15) is 6.04 Å². The van der Waals surface area contributed by atoms with Crippen LogP contribution in [0.4, 0.5) is 0 Å². The van der Waals surface area contributed by atoms with E-state index in [9.17, 15) is 0 Å². The molecule has 6 rings (SSSR count). The molecule has 174 valence electrons. The lowest BCUT2D eigenvalue weighted by molar-refractivity contribution is 0.197. The normalized spacial score (nSPS) is 17.0. The van der Waals surface area contributed by atoms with Gasteiger partial charge in [0.15, 0.2) is 6.10 Å². The Bertz CT molecular complexity index is 1410. The van der Waals surface area contributed by atoms with Crippen LogP contribution in [-0.4, -0.2) is 5.90 Å². The van der Waals surface area contributed by atoms with Crippen molar-refractivity contribution in [3.05, 3.63) is 162 Å². The molecule has 0 saturated carbocycles. The number of aliphatic imine (C=N–C) groups is 1. The van der Waals surface area contributed by atoms with E-state index in [2.05, 4.69) is 133 Å². The fraction of sp³-hybridized carbons (Fsp3) is 0.0606. The maximum Gasteiger partial charge on any atom is 0.218 e. The second-order valence-electron chi connectivity index (χ2n) is 8.76. The van der Waals surface area contributed by atoms with Crippen molar-refractivity contribution in [2.24, 2.45) is 4.99 Å². The third kappa shape index (κ3) is 4.49. The van der Waals surface area contributed by atoms with E-state index >= 15 is 0 Å². The van der Waals surface area contributed by atoms with Crippen LogP contribution >= 0.6 is 7.92 Å². The van der Waals surface area contributed by atoms with Crippen LogP contribution in [0.25, 0.3) is 0 Å². The first-order valence-corrected chi connectivity index (χ1v) is 13.6. The number of hydrogen-bond donors (Lipinski definition) is 0. The predicted octanol–water partition coefficient (Wildman–Crippen LogP) is 6.70. The summed E-state index contributed by atoms with van der Waals surface area (Å²) >= 11 is 0. The van der Waals surface area contributed by atoms with Crippen LogP contribution in [0.15, 0.2) is 151 Å². The summed E-state index contributed by atoms with van der Waals surface area (Å²) < 4.78 is 6.72. The van der Waals surface area contributed by atoms with E-state index in [-0.39, 0.29) is 12.1 Å². The average molecular weight is 484 g/mol. The molecule has 5 aromatic rings. The van der Waals surface area contributed by atoms with Gasteiger partial charge in [-0.15, -0.1) is 0 Å². The van der Waals surface area contributed by atoms with Crippen molar-refractivity contribution in [3.8, 4) is 0 Å². The van der Waals surface area contributed by atoms with E-state index < -0.39 is 7.92 Å². The molecule has 0 unspecified atom stereocenters. The van der Waals surface area contributed by atoms with Crippen LogP contribution in [0, 0.1) is 0 Å². The van der Waals surface area contributed by atoms with Crippen LogP contribution in [0.3, 0.4) is 0 Å². The van der Waals surface area contributed by atoms with Crippen LogP contribution in [-0.2, 0) is 4.74 Å². The second-order valence-corrected chi connectivity index (χ2v) is 10.9. The first-order valence-electron chi connectivity index (χ1n) is 12.2. The molecule has 0 amide bonds. The van der Waals surface area contributed by atoms with E-state index in [1.807, 2.05) is 12.1 Å². The molecule has 0 aromatic heterocycles. The SMILES string of the molecule is c1ccc([C@H]2N=C(c3ccccc3P(c3ccccc3)c3ccccc3)O[C@@H]2c2ccccc2)cc1. The smallest absolute Gasteiger partial charge is 0.218 e. The molecule has 2 nitrogen and oxygen atoms in total. The predicted molar refractivity (Wildman–Crippen MR) is 151 cm³/mol. The Morgan fingerprint density at radius 3 is 1.56 bits per heavy atom. The van der Waals surface area contributed by atoms with E-state index in [1.54, 1.807) is 0 Å². The monoisotopic (exact) mass is 483 g/mol. The maximum absolute atomic E-state index is 6.72. The van der Waals surface area contributed by atoms with Gasteiger partial charge < -0.3 is 4.74 Å².